The van der Waals surface area contributed by atoms with E-state index in [2.05, 4.69) is 126 Å². The summed E-state index contributed by atoms with van der Waals surface area (Å²) in [5.74, 6) is 9.06. The molecule has 8 aromatic heterocycles. The average molecular weight is 1150 g/mol. The first-order valence-corrected chi connectivity index (χ1v) is 28.7. The van der Waals surface area contributed by atoms with Gasteiger partial charge in [0.05, 0.1) is 33.4 Å². The zero-order valence-electron chi connectivity index (χ0n) is 49.2. The molecule has 0 aliphatic heterocycles. The third kappa shape index (κ3) is 9.58. The molecule has 88 heavy (non-hydrogen) atoms. The Balaban J connectivity index is 1.02. The fraction of sp³-hybridized carbons (Fsp3) is 0.114. The number of aromatic nitrogens is 18. The van der Waals surface area contributed by atoms with Gasteiger partial charge in [-0.15, -0.1) is 0 Å². The van der Waals surface area contributed by atoms with Gasteiger partial charge in [0, 0.05) is 84.0 Å². The summed E-state index contributed by atoms with van der Waals surface area (Å²) < 4.78 is 4.63. The summed E-state index contributed by atoms with van der Waals surface area (Å²) in [6.45, 7) is 15.1. The van der Waals surface area contributed by atoms with Crippen molar-refractivity contribution in [3.63, 3.8) is 0 Å². The zero-order chi connectivity index (χ0) is 59.9. The smallest absolute Gasteiger partial charge is 0.164 e. The molecule has 15 rings (SSSR count). The van der Waals surface area contributed by atoms with Gasteiger partial charge in [-0.05, 0) is 140 Å². The van der Waals surface area contributed by atoms with Gasteiger partial charge in [-0.3, -0.25) is 4.98 Å². The highest BCUT2D eigenvalue weighted by molar-refractivity contribution is 6.14. The van der Waals surface area contributed by atoms with Gasteiger partial charge in [-0.25, -0.2) is 74.8 Å². The highest BCUT2D eigenvalue weighted by atomic mass is 15.1. The fourth-order valence-corrected chi connectivity index (χ4v) is 11.9. The maximum absolute atomic E-state index is 5.26. The lowest BCUT2D eigenvalue weighted by molar-refractivity contribution is 0.928. The highest BCUT2D eigenvalue weighted by Crippen LogP contribution is 2.44. The minimum atomic E-state index is 0.500. The first kappa shape index (κ1) is 53.1. The molecule has 18 nitrogen and oxygen atoms in total. The molecule has 8 heterocycles. The molecule has 7 aromatic carbocycles. The van der Waals surface area contributed by atoms with Gasteiger partial charge in [0.15, 0.2) is 40.8 Å². The lowest BCUT2D eigenvalue weighted by Crippen LogP contribution is -2.04. The third-order valence-corrected chi connectivity index (χ3v) is 15.5. The first-order chi connectivity index (χ1) is 42.8. The second-order valence-electron chi connectivity index (χ2n) is 21.8. The largest absolute Gasteiger partial charge is 0.309 e. The molecular formula is C70H52N18. The van der Waals surface area contributed by atoms with E-state index in [4.69, 9.17) is 59.8 Å². The topological polar surface area (TPSA) is 216 Å². The van der Waals surface area contributed by atoms with Crippen LogP contribution in [0, 0.1) is 55.4 Å². The number of pyridine rings is 1. The van der Waals surface area contributed by atoms with Crippen LogP contribution in [0.15, 0.2) is 170 Å². The number of nitrogens with zero attached hydrogens (tertiary/aromatic N) is 18. The summed E-state index contributed by atoms with van der Waals surface area (Å²) in [6.07, 6.45) is 3.80. The fourth-order valence-electron chi connectivity index (χ4n) is 11.9. The molecule has 0 fully saturated rings. The number of hydrogen-bond donors (Lipinski definition) is 0. The molecule has 0 N–H and O–H groups in total. The summed E-state index contributed by atoms with van der Waals surface area (Å²) in [6, 6.07) is 54.1. The van der Waals surface area contributed by atoms with Crippen LogP contribution in [0.25, 0.3) is 146 Å². The Bertz CT molecular complexity index is 4970. The molecule has 0 saturated heterocycles. The molecule has 422 valence electrons. The van der Waals surface area contributed by atoms with Gasteiger partial charge in [-0.2, -0.15) is 0 Å². The van der Waals surface area contributed by atoms with E-state index in [1.807, 2.05) is 128 Å². The van der Waals surface area contributed by atoms with Crippen molar-refractivity contribution in [3.05, 3.63) is 217 Å². The van der Waals surface area contributed by atoms with Gasteiger partial charge in [0.1, 0.15) is 46.6 Å². The van der Waals surface area contributed by atoms with Gasteiger partial charge in [0.2, 0.25) is 0 Å². The van der Waals surface area contributed by atoms with Crippen LogP contribution in [0.4, 0.5) is 0 Å². The Morgan fingerprint density at radius 1 is 0.239 bits per heavy atom. The van der Waals surface area contributed by atoms with Crippen LogP contribution in [0.3, 0.4) is 0 Å². The quantitative estimate of drug-likeness (QED) is 0.124. The number of benzene rings is 7. The summed E-state index contributed by atoms with van der Waals surface area (Å²) >= 11 is 0. The molecule has 0 radical (unpaired) electrons. The van der Waals surface area contributed by atoms with Gasteiger partial charge < -0.3 is 9.13 Å². The minimum absolute atomic E-state index is 0.500. The van der Waals surface area contributed by atoms with Crippen molar-refractivity contribution in [2.24, 2.45) is 0 Å². The van der Waals surface area contributed by atoms with Crippen LogP contribution >= 0.6 is 0 Å². The van der Waals surface area contributed by atoms with E-state index in [-0.39, 0.29) is 0 Å². The predicted octanol–water partition coefficient (Wildman–Crippen LogP) is 14.0. The molecule has 0 amide bonds. The molecule has 0 saturated carbocycles. The van der Waals surface area contributed by atoms with Crippen LogP contribution in [-0.4, -0.2) is 88.9 Å². The van der Waals surface area contributed by atoms with Crippen LogP contribution in [0.5, 0.6) is 0 Å². The average Bonchev–Trinajstić information content (AvgIpc) is 2.90. The maximum Gasteiger partial charge on any atom is 0.164 e. The molecule has 0 spiro atoms. The van der Waals surface area contributed by atoms with Crippen LogP contribution in [0.1, 0.15) is 46.6 Å². The summed E-state index contributed by atoms with van der Waals surface area (Å²) in [5.41, 5.74) is 13.1. The van der Waals surface area contributed by atoms with Crippen molar-refractivity contribution >= 4 is 43.6 Å². The third-order valence-electron chi connectivity index (χ3n) is 15.5. The number of hydrogen-bond acceptors (Lipinski definition) is 16. The van der Waals surface area contributed by atoms with Crippen molar-refractivity contribution in [2.75, 3.05) is 0 Å². The minimum Gasteiger partial charge on any atom is -0.309 e. The maximum atomic E-state index is 5.26. The van der Waals surface area contributed by atoms with Crippen molar-refractivity contribution in [1.29, 1.82) is 0 Å². The molecule has 0 unspecified atom stereocenters. The Labute approximate surface area is 504 Å². The summed E-state index contributed by atoms with van der Waals surface area (Å²) in [7, 11) is 0. The van der Waals surface area contributed by atoms with Crippen molar-refractivity contribution < 1.29 is 0 Å². The molecule has 15 aromatic rings. The number of aryl methyl sites for hydroxylation is 8. The Morgan fingerprint density at radius 2 is 0.534 bits per heavy atom. The van der Waals surface area contributed by atoms with Gasteiger partial charge >= 0.3 is 0 Å². The number of fused-ring (bicyclic) bond motifs is 6. The lowest BCUT2D eigenvalue weighted by atomic mass is 10.00. The SMILES string of the molecule is Cc1nc(C)nc(-c2ccc3c(c2)c2cc(-c4nc(C)nc(C)n4)ccc2n3-c2ccncc2-c2ccc(-c3nc(-c4ccccc4)nc(-c4ccccc4)n3)cc2-n2c3ccc(-c4nc(C)nc(C)n4)cc3c3cc(-c4nc(C)nc(C)n4)ccc32)n1. The predicted molar refractivity (Wildman–Crippen MR) is 341 cm³/mol. The molecule has 18 heteroatoms. The summed E-state index contributed by atoms with van der Waals surface area (Å²) in [5, 5.41) is 3.86. The van der Waals surface area contributed by atoms with Crippen molar-refractivity contribution in [1.82, 2.24) is 88.9 Å². The standard InChI is InChI=1S/C70H52N18/c1-37-72-38(2)77-66(76-37)47-20-25-58-53(31-47)54-32-48(67-78-39(3)73-40(4)79-67)21-26-59(54)87(58)62-29-30-71-36-57(62)52-24-19-51(70-85-64(45-15-11-9-12-16-45)84-65(86-70)46-17-13-10-14-18-46)35-63(52)88-60-27-22-49(68-80-41(5)74-42(6)81-68)33-55(60)56-34-50(23-28-61(56)88)69-82-43(7)75-44(8)83-69/h9-36H,1-8H3. The van der Waals surface area contributed by atoms with Crippen LogP contribution in [0.2, 0.25) is 0 Å². The normalized spacial score (nSPS) is 11.6. The van der Waals surface area contributed by atoms with E-state index in [1.165, 1.54) is 0 Å². The second kappa shape index (κ2) is 21.1. The summed E-state index contributed by atoms with van der Waals surface area (Å²) in [4.78, 5) is 77.0. The van der Waals surface area contributed by atoms with Crippen LogP contribution < -0.4 is 0 Å². The van der Waals surface area contributed by atoms with Gasteiger partial charge in [0.25, 0.3) is 0 Å². The van der Waals surface area contributed by atoms with E-state index in [0.717, 1.165) is 105 Å². The molecular weight excluding hydrogens is 1090 g/mol. The van der Waals surface area contributed by atoms with Crippen molar-refractivity contribution in [3.8, 4) is 102 Å². The van der Waals surface area contributed by atoms with E-state index in [9.17, 15) is 0 Å². The van der Waals surface area contributed by atoms with Gasteiger partial charge in [-0.1, -0.05) is 72.8 Å². The first-order valence-electron chi connectivity index (χ1n) is 28.7. The monoisotopic (exact) mass is 1140 g/mol. The molecule has 0 bridgehead atoms. The highest BCUT2D eigenvalue weighted by Gasteiger charge is 2.25. The second-order valence-corrected chi connectivity index (χ2v) is 21.8. The van der Waals surface area contributed by atoms with Crippen molar-refractivity contribution in [2.45, 2.75) is 55.4 Å². The van der Waals surface area contributed by atoms with E-state index < -0.39 is 0 Å². The Morgan fingerprint density at radius 3 is 0.886 bits per heavy atom. The number of rotatable bonds is 10. The Hall–Kier alpha value is -11.7. The molecule has 0 aliphatic rings. The Kier molecular flexibility index (Phi) is 12.8. The van der Waals surface area contributed by atoms with E-state index >= 15 is 0 Å². The molecule has 0 atom stereocenters. The van der Waals surface area contributed by atoms with Crippen LogP contribution in [-0.2, 0) is 0 Å². The van der Waals surface area contributed by atoms with E-state index in [1.54, 1.807) is 0 Å². The molecule has 0 aliphatic carbocycles. The zero-order valence-corrected chi connectivity index (χ0v) is 49.2. The van der Waals surface area contributed by atoms with E-state index in [0.29, 0.717) is 87.4 Å². The lowest BCUT2D eigenvalue weighted by Gasteiger charge is -2.19.